The molecular weight excluding hydrogens is 336 g/mol. The highest BCUT2D eigenvalue weighted by Gasteiger charge is 2.09. The van der Waals surface area contributed by atoms with Crippen molar-refractivity contribution in [2.45, 2.75) is 26.3 Å². The lowest BCUT2D eigenvalue weighted by Crippen LogP contribution is -2.39. The van der Waals surface area contributed by atoms with E-state index in [1.165, 1.54) is 11.1 Å². The summed E-state index contributed by atoms with van der Waals surface area (Å²) in [5.74, 6) is 1.43. The second-order valence-corrected chi connectivity index (χ2v) is 6.54. The van der Waals surface area contributed by atoms with Crippen LogP contribution in [0.1, 0.15) is 29.8 Å². The van der Waals surface area contributed by atoms with Crippen molar-refractivity contribution in [2.75, 3.05) is 13.6 Å². The molecule has 5 heteroatoms. The average Bonchev–Trinajstić information content (AvgIpc) is 3.17. The molecule has 0 saturated carbocycles. The van der Waals surface area contributed by atoms with Crippen LogP contribution in [0.3, 0.4) is 0 Å². The summed E-state index contributed by atoms with van der Waals surface area (Å²) < 4.78 is 5.61. The van der Waals surface area contributed by atoms with Gasteiger partial charge in [0.05, 0.1) is 11.7 Å². The summed E-state index contributed by atoms with van der Waals surface area (Å²) in [5, 5.41) is 6.73. The summed E-state index contributed by atoms with van der Waals surface area (Å²) >= 11 is 0. The molecule has 0 saturated heterocycles. The topological polar surface area (TPSA) is 62.5 Å². The number of nitrogens with one attached hydrogen (secondary N) is 2. The van der Waals surface area contributed by atoms with Gasteiger partial charge in [-0.3, -0.25) is 4.99 Å². The highest BCUT2D eigenvalue weighted by Crippen LogP contribution is 2.19. The first kappa shape index (κ1) is 18.7. The van der Waals surface area contributed by atoms with Crippen LogP contribution in [0.25, 0.3) is 11.5 Å². The Hall–Kier alpha value is -3.08. The number of nitrogens with zero attached hydrogens (tertiary/aromatic N) is 2. The fourth-order valence-corrected chi connectivity index (χ4v) is 2.78. The molecule has 1 atom stereocenters. The van der Waals surface area contributed by atoms with Crippen LogP contribution in [0.2, 0.25) is 0 Å². The molecule has 27 heavy (non-hydrogen) atoms. The molecule has 140 valence electrons. The largest absolute Gasteiger partial charge is 0.444 e. The van der Waals surface area contributed by atoms with Gasteiger partial charge in [-0.25, -0.2) is 4.98 Å². The highest BCUT2D eigenvalue weighted by molar-refractivity contribution is 5.80. The van der Waals surface area contributed by atoms with E-state index < -0.39 is 0 Å². The molecule has 0 aliphatic carbocycles. The maximum Gasteiger partial charge on any atom is 0.226 e. The maximum absolute atomic E-state index is 5.61. The van der Waals surface area contributed by atoms with Gasteiger partial charge in [0.2, 0.25) is 5.89 Å². The van der Waals surface area contributed by atoms with E-state index in [0.29, 0.717) is 5.89 Å². The smallest absolute Gasteiger partial charge is 0.226 e. The van der Waals surface area contributed by atoms with Crippen molar-refractivity contribution in [3.63, 3.8) is 0 Å². The molecule has 2 N–H and O–H groups in total. The van der Waals surface area contributed by atoms with Crippen molar-refractivity contribution in [1.82, 2.24) is 15.6 Å². The number of rotatable bonds is 6. The monoisotopic (exact) mass is 362 g/mol. The Balaban J connectivity index is 1.50. The lowest BCUT2D eigenvalue weighted by atomic mass is 10.1. The standard InChI is InChI=1S/C22H26N4O/c1-16-9-11-19(12-10-16)21-26-20(15-27-21)13-14-24-22(23-3)25-17(2)18-7-5-4-6-8-18/h4-12,15,17H,13-14H2,1-3H3,(H2,23,24,25). The van der Waals surface area contributed by atoms with E-state index in [-0.39, 0.29) is 6.04 Å². The molecular formula is C22H26N4O. The highest BCUT2D eigenvalue weighted by atomic mass is 16.3. The quantitative estimate of drug-likeness (QED) is 0.511. The molecule has 0 spiro atoms. The van der Waals surface area contributed by atoms with Crippen molar-refractivity contribution in [1.29, 1.82) is 0 Å². The summed E-state index contributed by atoms with van der Waals surface area (Å²) in [4.78, 5) is 8.87. The number of hydrogen-bond acceptors (Lipinski definition) is 3. The predicted octanol–water partition coefficient (Wildman–Crippen LogP) is 4.12. The number of hydrogen-bond donors (Lipinski definition) is 2. The van der Waals surface area contributed by atoms with E-state index >= 15 is 0 Å². The molecule has 0 amide bonds. The number of aryl methyl sites for hydroxylation is 1. The molecule has 0 radical (unpaired) electrons. The van der Waals surface area contributed by atoms with Crippen LogP contribution in [-0.2, 0) is 6.42 Å². The normalized spacial score (nSPS) is 12.6. The number of guanidine groups is 1. The van der Waals surface area contributed by atoms with E-state index in [2.05, 4.69) is 58.7 Å². The molecule has 0 bridgehead atoms. The fraction of sp³-hybridized carbons (Fsp3) is 0.273. The number of aromatic nitrogens is 1. The van der Waals surface area contributed by atoms with Gasteiger partial charge in [0.15, 0.2) is 5.96 Å². The Bertz CT molecular complexity index is 869. The van der Waals surface area contributed by atoms with Crippen molar-refractivity contribution in [2.24, 2.45) is 4.99 Å². The van der Waals surface area contributed by atoms with Gasteiger partial charge in [-0.1, -0.05) is 48.0 Å². The summed E-state index contributed by atoms with van der Waals surface area (Å²) in [7, 11) is 1.78. The van der Waals surface area contributed by atoms with Crippen molar-refractivity contribution < 1.29 is 4.42 Å². The average molecular weight is 362 g/mol. The molecule has 0 aliphatic rings. The Labute approximate surface area is 160 Å². The Morgan fingerprint density at radius 2 is 1.85 bits per heavy atom. The van der Waals surface area contributed by atoms with Crippen LogP contribution in [0.4, 0.5) is 0 Å². The van der Waals surface area contributed by atoms with Crippen LogP contribution < -0.4 is 10.6 Å². The first-order chi connectivity index (χ1) is 13.2. The zero-order valence-electron chi connectivity index (χ0n) is 16.1. The maximum atomic E-state index is 5.61. The van der Waals surface area contributed by atoms with Crippen LogP contribution >= 0.6 is 0 Å². The molecule has 1 aromatic heterocycles. The third-order valence-corrected chi connectivity index (χ3v) is 4.40. The van der Waals surface area contributed by atoms with E-state index in [9.17, 15) is 0 Å². The van der Waals surface area contributed by atoms with Crippen LogP contribution in [0.15, 0.2) is 70.3 Å². The first-order valence-corrected chi connectivity index (χ1v) is 9.19. The van der Waals surface area contributed by atoms with Gasteiger partial charge < -0.3 is 15.1 Å². The Morgan fingerprint density at radius 3 is 2.56 bits per heavy atom. The lowest BCUT2D eigenvalue weighted by Gasteiger charge is -2.18. The van der Waals surface area contributed by atoms with Gasteiger partial charge in [0.1, 0.15) is 6.26 Å². The third-order valence-electron chi connectivity index (χ3n) is 4.40. The van der Waals surface area contributed by atoms with Gasteiger partial charge in [0, 0.05) is 25.6 Å². The zero-order chi connectivity index (χ0) is 19.1. The number of benzene rings is 2. The van der Waals surface area contributed by atoms with Crippen molar-refractivity contribution in [3.8, 4) is 11.5 Å². The predicted molar refractivity (Wildman–Crippen MR) is 110 cm³/mol. The van der Waals surface area contributed by atoms with Gasteiger partial charge in [-0.2, -0.15) is 0 Å². The van der Waals surface area contributed by atoms with E-state index in [1.807, 2.05) is 30.3 Å². The minimum absolute atomic E-state index is 0.178. The third kappa shape index (κ3) is 5.20. The van der Waals surface area contributed by atoms with Gasteiger partial charge in [-0.15, -0.1) is 0 Å². The van der Waals surface area contributed by atoms with Crippen LogP contribution in [0, 0.1) is 6.92 Å². The molecule has 0 fully saturated rings. The van der Waals surface area contributed by atoms with Gasteiger partial charge in [0.25, 0.3) is 0 Å². The molecule has 1 heterocycles. The molecule has 2 aromatic carbocycles. The number of aliphatic imine (C=N–C) groups is 1. The summed E-state index contributed by atoms with van der Waals surface area (Å²) in [5.41, 5.74) is 4.36. The molecule has 5 nitrogen and oxygen atoms in total. The van der Waals surface area contributed by atoms with Crippen molar-refractivity contribution in [3.05, 3.63) is 77.7 Å². The fourth-order valence-electron chi connectivity index (χ4n) is 2.78. The lowest BCUT2D eigenvalue weighted by molar-refractivity contribution is 0.572. The molecule has 3 aromatic rings. The zero-order valence-corrected chi connectivity index (χ0v) is 16.1. The van der Waals surface area contributed by atoms with Gasteiger partial charge in [-0.05, 0) is 31.5 Å². The van der Waals surface area contributed by atoms with Crippen LogP contribution in [0.5, 0.6) is 0 Å². The SMILES string of the molecule is CN=C(NCCc1coc(-c2ccc(C)cc2)n1)NC(C)c1ccccc1. The molecule has 0 aliphatic heterocycles. The minimum Gasteiger partial charge on any atom is -0.444 e. The van der Waals surface area contributed by atoms with Gasteiger partial charge >= 0.3 is 0 Å². The summed E-state index contributed by atoms with van der Waals surface area (Å²) in [6.45, 7) is 4.91. The summed E-state index contributed by atoms with van der Waals surface area (Å²) in [6.07, 6.45) is 2.48. The molecule has 3 rings (SSSR count). The Morgan fingerprint density at radius 1 is 1.11 bits per heavy atom. The summed E-state index contributed by atoms with van der Waals surface area (Å²) in [6, 6.07) is 18.7. The van der Waals surface area contributed by atoms with E-state index in [1.54, 1.807) is 13.3 Å². The number of oxazole rings is 1. The second kappa shape index (κ2) is 9.03. The van der Waals surface area contributed by atoms with Crippen LogP contribution in [-0.4, -0.2) is 24.5 Å². The van der Waals surface area contributed by atoms with E-state index in [4.69, 9.17) is 4.42 Å². The first-order valence-electron chi connectivity index (χ1n) is 9.19. The van der Waals surface area contributed by atoms with E-state index in [0.717, 1.165) is 30.2 Å². The Kier molecular flexibility index (Phi) is 6.26. The van der Waals surface area contributed by atoms with Crippen molar-refractivity contribution >= 4 is 5.96 Å². The second-order valence-electron chi connectivity index (χ2n) is 6.54. The molecule has 1 unspecified atom stereocenters. The minimum atomic E-state index is 0.178.